The van der Waals surface area contributed by atoms with Crippen LogP contribution in [0, 0.1) is 23.4 Å². The van der Waals surface area contributed by atoms with Gasteiger partial charge in [-0.05, 0) is 66.1 Å². The number of cyclic esters (lactones) is 1. The van der Waals surface area contributed by atoms with Crippen molar-refractivity contribution in [3.05, 3.63) is 59.4 Å². The van der Waals surface area contributed by atoms with Gasteiger partial charge in [-0.3, -0.25) is 4.79 Å². The van der Waals surface area contributed by atoms with Crippen LogP contribution in [0.2, 0.25) is 0 Å². The molecule has 1 unspecified atom stereocenters. The third-order valence-corrected chi connectivity index (χ3v) is 6.18. The monoisotopic (exact) mass is 443 g/mol. The Hall–Kier alpha value is -3.49. The van der Waals surface area contributed by atoms with Gasteiger partial charge < -0.3 is 20.4 Å². The predicted octanol–water partition coefficient (Wildman–Crippen LogP) is 3.97. The van der Waals surface area contributed by atoms with Gasteiger partial charge >= 0.3 is 6.09 Å². The Morgan fingerprint density at radius 1 is 1.09 bits per heavy atom. The number of carbonyl (C=O) groups is 2. The Kier molecular flexibility index (Phi) is 5.03. The van der Waals surface area contributed by atoms with E-state index in [-0.39, 0.29) is 35.6 Å². The van der Waals surface area contributed by atoms with Crippen LogP contribution in [0.5, 0.6) is 0 Å². The van der Waals surface area contributed by atoms with Gasteiger partial charge in [0.25, 0.3) is 5.91 Å². The highest BCUT2D eigenvalue weighted by Gasteiger charge is 2.36. The lowest BCUT2D eigenvalue weighted by molar-refractivity contribution is -0.128. The summed E-state index contributed by atoms with van der Waals surface area (Å²) < 4.78 is 46.7. The summed E-state index contributed by atoms with van der Waals surface area (Å²) in [7, 11) is 0. The summed E-state index contributed by atoms with van der Waals surface area (Å²) in [4.78, 5) is 26.2. The third-order valence-electron chi connectivity index (χ3n) is 6.18. The molecule has 1 atom stereocenters. The molecule has 2 heterocycles. The number of benzene rings is 2. The number of aromatic amines is 1. The number of rotatable bonds is 5. The molecule has 6 nitrogen and oxygen atoms in total. The van der Waals surface area contributed by atoms with E-state index >= 15 is 0 Å². The van der Waals surface area contributed by atoms with Crippen molar-refractivity contribution < 1.29 is 27.5 Å². The predicted molar refractivity (Wildman–Crippen MR) is 110 cm³/mol. The zero-order valence-electron chi connectivity index (χ0n) is 16.9. The molecule has 0 bridgehead atoms. The summed E-state index contributed by atoms with van der Waals surface area (Å²) in [6.45, 7) is 0.561. The van der Waals surface area contributed by atoms with Gasteiger partial charge in [-0.15, -0.1) is 0 Å². The van der Waals surface area contributed by atoms with Crippen molar-refractivity contribution in [3.63, 3.8) is 0 Å². The molecule has 1 saturated heterocycles. The van der Waals surface area contributed by atoms with Crippen molar-refractivity contribution in [3.8, 4) is 11.3 Å². The van der Waals surface area contributed by atoms with Gasteiger partial charge in [-0.25, -0.2) is 18.0 Å². The fourth-order valence-electron chi connectivity index (χ4n) is 4.54. The molecule has 1 saturated carbocycles. The van der Waals surface area contributed by atoms with Gasteiger partial charge in [0, 0.05) is 18.0 Å². The van der Waals surface area contributed by atoms with Crippen molar-refractivity contribution in [2.45, 2.75) is 24.9 Å². The standard InChI is InChI=1S/C23H20F3N3O3/c24-14-3-1-12(2-4-14)20-19(16-7-15(25)8-17(26)21(16)29-20)13-5-11(6-13)9-27-22(30)18-10-28-23(31)32-18/h1-4,7-8,11,13,18,29H,5-6,9-10H2,(H,27,30)(H,28,31). The van der Waals surface area contributed by atoms with Gasteiger partial charge in [0.05, 0.1) is 17.8 Å². The SMILES string of the molecule is O=C1NCC(C(=O)NCC2CC(c3c(-c4ccc(F)cc4)[nH]c4c(F)cc(F)cc34)C2)O1. The van der Waals surface area contributed by atoms with E-state index in [0.29, 0.717) is 36.0 Å². The Bertz CT molecular complexity index is 1200. The number of hydrogen-bond acceptors (Lipinski definition) is 3. The first-order valence-corrected chi connectivity index (χ1v) is 10.4. The van der Waals surface area contributed by atoms with Crippen molar-refractivity contribution >= 4 is 22.9 Å². The minimum Gasteiger partial charge on any atom is -0.434 e. The van der Waals surface area contributed by atoms with Crippen LogP contribution in [0.3, 0.4) is 0 Å². The summed E-state index contributed by atoms with van der Waals surface area (Å²) in [5, 5.41) is 5.70. The van der Waals surface area contributed by atoms with Crippen molar-refractivity contribution in [2.24, 2.45) is 5.92 Å². The van der Waals surface area contributed by atoms with Crippen LogP contribution in [-0.4, -0.2) is 36.2 Å². The van der Waals surface area contributed by atoms with E-state index in [9.17, 15) is 22.8 Å². The van der Waals surface area contributed by atoms with E-state index in [0.717, 1.165) is 11.6 Å². The second-order valence-corrected chi connectivity index (χ2v) is 8.29. The molecule has 2 aliphatic rings. The van der Waals surface area contributed by atoms with E-state index in [4.69, 9.17) is 4.74 Å². The molecule has 3 N–H and O–H groups in total. The highest BCUT2D eigenvalue weighted by atomic mass is 19.1. The number of hydrogen-bond donors (Lipinski definition) is 3. The normalized spacial score (nSPS) is 22.3. The van der Waals surface area contributed by atoms with E-state index < -0.39 is 23.8 Å². The summed E-state index contributed by atoms with van der Waals surface area (Å²) >= 11 is 0. The maximum Gasteiger partial charge on any atom is 0.408 e. The van der Waals surface area contributed by atoms with Crippen LogP contribution in [-0.2, 0) is 9.53 Å². The van der Waals surface area contributed by atoms with E-state index in [1.165, 1.54) is 18.2 Å². The van der Waals surface area contributed by atoms with E-state index in [1.54, 1.807) is 12.1 Å². The van der Waals surface area contributed by atoms with Crippen LogP contribution in [0.4, 0.5) is 18.0 Å². The summed E-state index contributed by atoms with van der Waals surface area (Å²) in [6, 6.07) is 8.00. The van der Waals surface area contributed by atoms with Crippen molar-refractivity contribution in [2.75, 3.05) is 13.1 Å². The number of amides is 2. The average molecular weight is 443 g/mol. The lowest BCUT2D eigenvalue weighted by Crippen LogP contribution is -2.41. The second-order valence-electron chi connectivity index (χ2n) is 8.29. The molecular formula is C23H20F3N3O3. The molecule has 2 amide bonds. The van der Waals surface area contributed by atoms with Crippen LogP contribution in [0.25, 0.3) is 22.2 Å². The summed E-state index contributed by atoms with van der Waals surface area (Å²) in [5.41, 5.74) is 2.33. The smallest absolute Gasteiger partial charge is 0.408 e. The zero-order valence-corrected chi connectivity index (χ0v) is 16.9. The van der Waals surface area contributed by atoms with Crippen LogP contribution >= 0.6 is 0 Å². The third kappa shape index (κ3) is 3.68. The van der Waals surface area contributed by atoms with E-state index in [2.05, 4.69) is 15.6 Å². The fraction of sp³-hybridized carbons (Fsp3) is 0.304. The molecule has 1 aromatic heterocycles. The van der Waals surface area contributed by atoms with Gasteiger partial charge in [0.1, 0.15) is 17.5 Å². The fourth-order valence-corrected chi connectivity index (χ4v) is 4.54. The highest BCUT2D eigenvalue weighted by molar-refractivity contribution is 5.92. The number of alkyl carbamates (subject to hydrolysis) is 1. The molecule has 2 aromatic carbocycles. The van der Waals surface area contributed by atoms with E-state index in [1.807, 2.05) is 0 Å². The maximum absolute atomic E-state index is 14.4. The topological polar surface area (TPSA) is 83.2 Å². The quantitative estimate of drug-likeness (QED) is 0.558. The highest BCUT2D eigenvalue weighted by Crippen LogP contribution is 2.48. The molecule has 0 radical (unpaired) electrons. The molecule has 1 aliphatic carbocycles. The molecule has 2 fully saturated rings. The van der Waals surface area contributed by atoms with Gasteiger partial charge in [-0.1, -0.05) is 0 Å². The van der Waals surface area contributed by atoms with Gasteiger partial charge in [0.15, 0.2) is 6.10 Å². The molecule has 5 rings (SSSR count). The number of aromatic nitrogens is 1. The summed E-state index contributed by atoms with van der Waals surface area (Å²) in [5.74, 6) is -1.88. The number of nitrogens with one attached hydrogen (secondary N) is 3. The lowest BCUT2D eigenvalue weighted by Gasteiger charge is -2.36. The largest absolute Gasteiger partial charge is 0.434 e. The van der Waals surface area contributed by atoms with Gasteiger partial charge in [-0.2, -0.15) is 0 Å². The van der Waals surface area contributed by atoms with Crippen LogP contribution in [0.15, 0.2) is 36.4 Å². The number of fused-ring (bicyclic) bond motifs is 1. The average Bonchev–Trinajstić information content (AvgIpc) is 3.32. The van der Waals surface area contributed by atoms with Crippen molar-refractivity contribution in [1.29, 1.82) is 0 Å². The molecule has 0 spiro atoms. The zero-order chi connectivity index (χ0) is 22.4. The minimum absolute atomic E-state index is 0.0258. The molecule has 166 valence electrons. The first-order valence-electron chi connectivity index (χ1n) is 10.4. The molecule has 3 aromatic rings. The Morgan fingerprint density at radius 2 is 1.84 bits per heavy atom. The first kappa shape index (κ1) is 20.4. The summed E-state index contributed by atoms with van der Waals surface area (Å²) in [6.07, 6.45) is -0.0196. The maximum atomic E-state index is 14.4. The Morgan fingerprint density at radius 3 is 2.53 bits per heavy atom. The molecular weight excluding hydrogens is 423 g/mol. The van der Waals surface area contributed by atoms with Crippen molar-refractivity contribution in [1.82, 2.24) is 15.6 Å². The number of H-pyrrole nitrogens is 1. The van der Waals surface area contributed by atoms with Crippen LogP contribution in [0.1, 0.15) is 24.3 Å². The first-order chi connectivity index (χ1) is 15.4. The number of ether oxygens (including phenoxy) is 1. The van der Waals surface area contributed by atoms with Crippen LogP contribution < -0.4 is 10.6 Å². The number of halogens is 3. The Labute approximate surface area is 181 Å². The lowest BCUT2D eigenvalue weighted by atomic mass is 9.70. The minimum atomic E-state index is -0.831. The Balaban J connectivity index is 1.36. The molecule has 1 aliphatic heterocycles. The van der Waals surface area contributed by atoms with Gasteiger partial charge in [0.2, 0.25) is 0 Å². The molecule has 32 heavy (non-hydrogen) atoms. The number of carbonyl (C=O) groups excluding carboxylic acids is 2. The molecule has 9 heteroatoms. The second kappa shape index (κ2) is 7.89.